The number of carbonyl (C=O) groups is 2. The van der Waals surface area contributed by atoms with Crippen LogP contribution in [0.3, 0.4) is 0 Å². The summed E-state index contributed by atoms with van der Waals surface area (Å²) in [6.07, 6.45) is 4.58. The van der Waals surface area contributed by atoms with Gasteiger partial charge in [0.15, 0.2) is 0 Å². The first-order valence-electron chi connectivity index (χ1n) is 8.85. The Morgan fingerprint density at radius 2 is 1.85 bits per heavy atom. The zero-order chi connectivity index (χ0) is 18.7. The van der Waals surface area contributed by atoms with Crippen LogP contribution >= 0.6 is 0 Å². The van der Waals surface area contributed by atoms with Crippen molar-refractivity contribution in [2.45, 2.75) is 38.3 Å². The Kier molecular flexibility index (Phi) is 5.21. The van der Waals surface area contributed by atoms with Crippen LogP contribution in [0.4, 0.5) is 0 Å². The zero-order valence-corrected chi connectivity index (χ0v) is 15.0. The topological polar surface area (TPSA) is 80.2 Å². The van der Waals surface area contributed by atoms with Crippen LogP contribution in [0.5, 0.6) is 0 Å². The van der Waals surface area contributed by atoms with Crippen molar-refractivity contribution >= 4 is 11.8 Å². The van der Waals surface area contributed by atoms with Crippen LogP contribution < -0.4 is 16.2 Å². The Morgan fingerprint density at radius 1 is 1.15 bits per heavy atom. The van der Waals surface area contributed by atoms with Gasteiger partial charge in [-0.2, -0.15) is 0 Å². The third kappa shape index (κ3) is 3.54. The summed E-state index contributed by atoms with van der Waals surface area (Å²) in [4.78, 5) is 37.5. The smallest absolute Gasteiger partial charge is 0.264 e. The van der Waals surface area contributed by atoms with Crippen LogP contribution in [0.1, 0.15) is 58.5 Å². The first kappa shape index (κ1) is 17.9. The molecular weight excluding hydrogens is 330 g/mol. The molecule has 1 fully saturated rings. The summed E-state index contributed by atoms with van der Waals surface area (Å²) in [5.74, 6) is -0.754. The van der Waals surface area contributed by atoms with Crippen LogP contribution in [0.15, 0.2) is 47.4 Å². The van der Waals surface area contributed by atoms with Gasteiger partial charge in [-0.25, -0.2) is 0 Å². The predicted octanol–water partition coefficient (Wildman–Crippen LogP) is 2.10. The fourth-order valence-electron chi connectivity index (χ4n) is 3.02. The molecule has 2 aromatic rings. The van der Waals surface area contributed by atoms with E-state index in [0.29, 0.717) is 5.56 Å². The van der Waals surface area contributed by atoms with Crippen LogP contribution in [-0.2, 0) is 0 Å². The van der Waals surface area contributed by atoms with Crippen LogP contribution in [0.25, 0.3) is 0 Å². The number of hydrogen-bond acceptors (Lipinski definition) is 3. The van der Waals surface area contributed by atoms with E-state index < -0.39 is 11.5 Å². The van der Waals surface area contributed by atoms with Gasteiger partial charge in [-0.3, -0.25) is 14.4 Å². The maximum absolute atomic E-state index is 12.8. The molecule has 1 saturated carbocycles. The molecule has 6 nitrogen and oxygen atoms in total. The van der Waals surface area contributed by atoms with Gasteiger partial charge in [-0.15, -0.1) is 0 Å². The highest BCUT2D eigenvalue weighted by Crippen LogP contribution is 2.20. The second-order valence-corrected chi connectivity index (χ2v) is 6.62. The van der Waals surface area contributed by atoms with E-state index in [4.69, 9.17) is 0 Å². The minimum atomic E-state index is -0.498. The number of aromatic nitrogens is 1. The minimum Gasteiger partial charge on any atom is -0.355 e. The molecule has 3 rings (SSSR count). The first-order valence-corrected chi connectivity index (χ1v) is 8.85. The van der Waals surface area contributed by atoms with Gasteiger partial charge in [-0.05, 0) is 37.8 Å². The number of nitrogens with one attached hydrogen (secondary N) is 2. The van der Waals surface area contributed by atoms with Gasteiger partial charge in [-0.1, -0.05) is 30.3 Å². The molecule has 2 amide bonds. The Morgan fingerprint density at radius 3 is 2.42 bits per heavy atom. The van der Waals surface area contributed by atoms with E-state index in [1.165, 1.54) is 17.7 Å². The highest BCUT2D eigenvalue weighted by Gasteiger charge is 2.23. The molecule has 0 aliphatic heterocycles. The van der Waals surface area contributed by atoms with Crippen molar-refractivity contribution < 1.29 is 9.59 Å². The van der Waals surface area contributed by atoms with Crippen LogP contribution in [0, 0.1) is 0 Å². The van der Waals surface area contributed by atoms with Crippen molar-refractivity contribution in [3.05, 3.63) is 69.6 Å². The minimum absolute atomic E-state index is 0.0310. The number of nitrogens with zero attached hydrogens (tertiary/aromatic N) is 1. The number of amides is 2. The Labute approximate surface area is 152 Å². The molecule has 136 valence electrons. The van der Waals surface area contributed by atoms with E-state index in [1.54, 1.807) is 6.20 Å². The highest BCUT2D eigenvalue weighted by atomic mass is 16.2. The van der Waals surface area contributed by atoms with E-state index >= 15 is 0 Å². The van der Waals surface area contributed by atoms with Crippen LogP contribution in [0.2, 0.25) is 0 Å². The second-order valence-electron chi connectivity index (χ2n) is 6.62. The lowest BCUT2D eigenvalue weighted by Crippen LogP contribution is -2.41. The number of hydrogen-bond donors (Lipinski definition) is 2. The lowest BCUT2D eigenvalue weighted by molar-refractivity contribution is 0.0916. The third-order valence-electron chi connectivity index (χ3n) is 4.92. The summed E-state index contributed by atoms with van der Waals surface area (Å²) >= 11 is 0. The molecule has 0 unspecified atom stereocenters. The normalized spacial score (nSPS) is 15.0. The fraction of sp³-hybridized carbons (Fsp3) is 0.350. The lowest BCUT2D eigenvalue weighted by Gasteiger charge is -2.26. The van der Waals surface area contributed by atoms with Crippen molar-refractivity contribution in [2.24, 2.45) is 0 Å². The molecular formula is C20H23N3O3. The van der Waals surface area contributed by atoms with Crippen molar-refractivity contribution in [1.29, 1.82) is 0 Å². The molecule has 26 heavy (non-hydrogen) atoms. The van der Waals surface area contributed by atoms with E-state index in [2.05, 4.69) is 10.6 Å². The maximum Gasteiger partial charge on any atom is 0.264 e. The lowest BCUT2D eigenvalue weighted by atomic mass is 9.93. The quantitative estimate of drug-likeness (QED) is 0.864. The molecule has 0 spiro atoms. The Bertz CT molecular complexity index is 870. The largest absolute Gasteiger partial charge is 0.355 e. The van der Waals surface area contributed by atoms with E-state index in [9.17, 15) is 14.4 Å². The molecule has 6 heteroatoms. The van der Waals surface area contributed by atoms with Gasteiger partial charge in [0.1, 0.15) is 5.56 Å². The number of benzene rings is 1. The Balaban J connectivity index is 2.04. The summed E-state index contributed by atoms with van der Waals surface area (Å²) in [6.45, 7) is 1.87. The zero-order valence-electron chi connectivity index (χ0n) is 15.0. The summed E-state index contributed by atoms with van der Waals surface area (Å²) in [5.41, 5.74) is 0.796. The number of rotatable bonds is 5. The molecule has 0 bridgehead atoms. The molecule has 0 saturated heterocycles. The van der Waals surface area contributed by atoms with E-state index in [-0.39, 0.29) is 23.6 Å². The van der Waals surface area contributed by atoms with Crippen molar-refractivity contribution in [3.63, 3.8) is 0 Å². The number of carbonyl (C=O) groups excluding carboxylic acids is 2. The van der Waals surface area contributed by atoms with E-state index in [0.717, 1.165) is 24.8 Å². The van der Waals surface area contributed by atoms with Gasteiger partial charge < -0.3 is 15.2 Å². The van der Waals surface area contributed by atoms with Gasteiger partial charge in [0.2, 0.25) is 0 Å². The van der Waals surface area contributed by atoms with Crippen molar-refractivity contribution in [3.8, 4) is 0 Å². The third-order valence-corrected chi connectivity index (χ3v) is 4.92. The molecule has 1 heterocycles. The van der Waals surface area contributed by atoms with Gasteiger partial charge >= 0.3 is 0 Å². The molecule has 0 radical (unpaired) electrons. The van der Waals surface area contributed by atoms with Crippen LogP contribution in [-0.4, -0.2) is 29.5 Å². The Hall–Kier alpha value is -2.89. The van der Waals surface area contributed by atoms with Gasteiger partial charge in [0.25, 0.3) is 17.4 Å². The summed E-state index contributed by atoms with van der Waals surface area (Å²) in [7, 11) is 1.47. The first-order chi connectivity index (χ1) is 12.5. The highest BCUT2D eigenvalue weighted by molar-refractivity contribution is 5.99. The molecule has 1 aliphatic carbocycles. The maximum atomic E-state index is 12.8. The molecule has 1 aromatic carbocycles. The summed E-state index contributed by atoms with van der Waals surface area (Å²) in [6, 6.07) is 10.8. The molecule has 1 atom stereocenters. The molecule has 2 N–H and O–H groups in total. The monoisotopic (exact) mass is 353 g/mol. The average Bonchev–Trinajstić information content (AvgIpc) is 2.64. The summed E-state index contributed by atoms with van der Waals surface area (Å²) in [5, 5.41) is 5.43. The molecule has 1 aromatic heterocycles. The van der Waals surface area contributed by atoms with Gasteiger partial charge in [0.05, 0.1) is 11.6 Å². The van der Waals surface area contributed by atoms with Crippen molar-refractivity contribution in [1.82, 2.24) is 15.2 Å². The number of pyridine rings is 1. The SMILES string of the molecule is CNC(=O)c1cc(C(=O)NC2CCC2)cn([C@@H](C)c2ccccc2)c1=O. The standard InChI is InChI=1S/C20H23N3O3/c1-13(14-7-4-3-5-8-14)23-12-15(18(24)22-16-9-6-10-16)11-17(20(23)26)19(25)21-2/h3-5,7-8,11-13,16H,6,9-10H2,1-2H3,(H,21,25)(H,22,24)/t13-/m0/s1. The van der Waals surface area contributed by atoms with E-state index in [1.807, 2.05) is 37.3 Å². The predicted molar refractivity (Wildman–Crippen MR) is 99.5 cm³/mol. The van der Waals surface area contributed by atoms with Gasteiger partial charge in [0, 0.05) is 19.3 Å². The molecule has 1 aliphatic rings. The average molecular weight is 353 g/mol. The second kappa shape index (κ2) is 7.56. The van der Waals surface area contributed by atoms with Crippen molar-refractivity contribution in [2.75, 3.05) is 7.05 Å². The fourth-order valence-corrected chi connectivity index (χ4v) is 3.02. The summed E-state index contributed by atoms with van der Waals surface area (Å²) < 4.78 is 1.45.